The van der Waals surface area contributed by atoms with Crippen LogP contribution in [0.2, 0.25) is 0 Å². The zero-order valence-corrected chi connectivity index (χ0v) is 17.2. The molecule has 0 amide bonds. The molecule has 29 heavy (non-hydrogen) atoms. The van der Waals surface area contributed by atoms with Crippen molar-refractivity contribution in [2.45, 2.75) is 30.7 Å². The van der Waals surface area contributed by atoms with Gasteiger partial charge in [0.25, 0.3) is 0 Å². The normalized spacial score (nSPS) is 18.0. The van der Waals surface area contributed by atoms with E-state index >= 15 is 0 Å². The molecule has 3 aromatic rings. The first-order chi connectivity index (χ1) is 13.9. The summed E-state index contributed by atoms with van der Waals surface area (Å²) in [4.78, 5) is 9.29. The molecule has 1 atom stereocenters. The van der Waals surface area contributed by atoms with Gasteiger partial charge in [-0.15, -0.1) is 0 Å². The second-order valence-corrected chi connectivity index (χ2v) is 9.16. The molecular weight excluding hydrogens is 395 g/mol. The van der Waals surface area contributed by atoms with Crippen LogP contribution >= 0.6 is 0 Å². The van der Waals surface area contributed by atoms with Gasteiger partial charge in [-0.1, -0.05) is 0 Å². The first kappa shape index (κ1) is 19.9. The number of methoxy groups -OCH3 is 1. The predicted molar refractivity (Wildman–Crippen MR) is 107 cm³/mol. The van der Waals surface area contributed by atoms with E-state index in [0.29, 0.717) is 38.2 Å². The molecule has 0 spiro atoms. The fourth-order valence-electron chi connectivity index (χ4n) is 3.77. The van der Waals surface area contributed by atoms with E-state index in [4.69, 9.17) is 9.72 Å². The van der Waals surface area contributed by atoms with Crippen LogP contribution in [0.3, 0.4) is 0 Å². The Morgan fingerprint density at radius 3 is 2.90 bits per heavy atom. The Labute approximate surface area is 169 Å². The number of imidazole rings is 1. The van der Waals surface area contributed by atoms with E-state index in [0.717, 1.165) is 17.0 Å². The first-order valence-corrected chi connectivity index (χ1v) is 10.9. The Morgan fingerprint density at radius 1 is 1.31 bits per heavy atom. The number of aromatic nitrogens is 3. The molecule has 1 saturated heterocycles. The summed E-state index contributed by atoms with van der Waals surface area (Å²) >= 11 is 0. The molecule has 2 aromatic heterocycles. The van der Waals surface area contributed by atoms with E-state index in [2.05, 4.69) is 4.98 Å². The molecule has 9 heteroatoms. The Kier molecular flexibility index (Phi) is 5.37. The van der Waals surface area contributed by atoms with E-state index in [1.54, 1.807) is 20.2 Å². The lowest BCUT2D eigenvalue weighted by Crippen LogP contribution is -2.29. The third kappa shape index (κ3) is 3.65. The quantitative estimate of drug-likeness (QED) is 0.615. The van der Waals surface area contributed by atoms with Gasteiger partial charge in [0.1, 0.15) is 17.2 Å². The largest absolute Gasteiger partial charge is 0.383 e. The van der Waals surface area contributed by atoms with Gasteiger partial charge in [0.05, 0.1) is 11.5 Å². The molecule has 0 bridgehead atoms. The lowest BCUT2D eigenvalue weighted by atomic mass is 10.1. The minimum absolute atomic E-state index is 0.0441. The van der Waals surface area contributed by atoms with Gasteiger partial charge in [-0.05, 0) is 49.2 Å². The summed E-state index contributed by atoms with van der Waals surface area (Å²) in [5, 5.41) is 0. The van der Waals surface area contributed by atoms with Crippen molar-refractivity contribution in [2.24, 2.45) is 0 Å². The Morgan fingerprint density at radius 2 is 2.14 bits per heavy atom. The highest BCUT2D eigenvalue weighted by Gasteiger charge is 2.35. The lowest BCUT2D eigenvalue weighted by molar-refractivity contribution is 0.187. The second kappa shape index (κ2) is 7.81. The van der Waals surface area contributed by atoms with Gasteiger partial charge in [0, 0.05) is 38.9 Å². The zero-order chi connectivity index (χ0) is 20.6. The van der Waals surface area contributed by atoms with Gasteiger partial charge in [0.2, 0.25) is 10.0 Å². The molecule has 1 aliphatic rings. The number of halogens is 1. The van der Waals surface area contributed by atoms with Crippen molar-refractivity contribution in [1.82, 2.24) is 18.8 Å². The molecule has 0 saturated carbocycles. The second-order valence-electron chi connectivity index (χ2n) is 7.22. The van der Waals surface area contributed by atoms with Crippen LogP contribution in [0.4, 0.5) is 4.39 Å². The maximum Gasteiger partial charge on any atom is 0.243 e. The van der Waals surface area contributed by atoms with Crippen molar-refractivity contribution >= 4 is 21.2 Å². The number of sulfonamides is 1. The van der Waals surface area contributed by atoms with Gasteiger partial charge < -0.3 is 9.30 Å². The van der Waals surface area contributed by atoms with Gasteiger partial charge in [-0.25, -0.2) is 22.8 Å². The molecular formula is C20H23FN4O3S. The predicted octanol–water partition coefficient (Wildman–Crippen LogP) is 2.70. The highest BCUT2D eigenvalue weighted by molar-refractivity contribution is 7.89. The van der Waals surface area contributed by atoms with Gasteiger partial charge in [-0.3, -0.25) is 0 Å². The molecule has 1 aromatic carbocycles. The van der Waals surface area contributed by atoms with Crippen LogP contribution in [-0.4, -0.2) is 54.1 Å². The topological polar surface area (TPSA) is 77.3 Å². The number of fused-ring (bicyclic) bond motifs is 1. The van der Waals surface area contributed by atoms with Crippen molar-refractivity contribution in [3.8, 4) is 0 Å². The Hall–Kier alpha value is -2.36. The van der Waals surface area contributed by atoms with Gasteiger partial charge in [0.15, 0.2) is 5.65 Å². The fraction of sp³-hybridized carbons (Fsp3) is 0.400. The van der Waals surface area contributed by atoms with Crippen molar-refractivity contribution in [2.75, 3.05) is 26.8 Å². The molecule has 4 rings (SSSR count). The van der Waals surface area contributed by atoms with Crippen LogP contribution in [0, 0.1) is 12.7 Å². The summed E-state index contributed by atoms with van der Waals surface area (Å²) in [6, 6.07) is 7.64. The van der Waals surface area contributed by atoms with Crippen molar-refractivity contribution in [3.63, 3.8) is 0 Å². The van der Waals surface area contributed by atoms with E-state index in [1.165, 1.54) is 22.5 Å². The van der Waals surface area contributed by atoms with Gasteiger partial charge >= 0.3 is 0 Å². The van der Waals surface area contributed by atoms with Crippen LogP contribution in [0.5, 0.6) is 0 Å². The SMILES string of the molecule is COCCn1c([C@@H]2CCN(S(=O)(=O)c3ccc(F)c(C)c3)C2)nc2cccnc21. The maximum absolute atomic E-state index is 13.6. The standard InChI is InChI=1S/C20H23FN4O3S/c1-14-12-16(5-6-17(14)21)29(26,27)24-9-7-15(13-24)19-23-18-4-3-8-22-20(18)25(19)10-11-28-2/h3-6,8,12,15H,7,9-11,13H2,1-2H3/t15-/m1/s1. The number of aryl methyl sites for hydroxylation is 1. The number of nitrogens with zero attached hydrogens (tertiary/aromatic N) is 4. The van der Waals surface area contributed by atoms with Crippen LogP contribution < -0.4 is 0 Å². The molecule has 1 aliphatic heterocycles. The summed E-state index contributed by atoms with van der Waals surface area (Å²) in [7, 11) is -2.05. The number of hydrogen-bond donors (Lipinski definition) is 0. The highest BCUT2D eigenvalue weighted by Crippen LogP contribution is 2.32. The van der Waals surface area contributed by atoms with E-state index < -0.39 is 15.8 Å². The zero-order valence-electron chi connectivity index (χ0n) is 16.4. The van der Waals surface area contributed by atoms with Crippen molar-refractivity contribution < 1.29 is 17.5 Å². The minimum atomic E-state index is -3.69. The average molecular weight is 418 g/mol. The Bertz CT molecular complexity index is 1150. The summed E-state index contributed by atoms with van der Waals surface area (Å²) in [6.07, 6.45) is 2.38. The number of hydrogen-bond acceptors (Lipinski definition) is 5. The molecule has 0 radical (unpaired) electrons. The molecule has 0 aliphatic carbocycles. The molecule has 7 nitrogen and oxygen atoms in total. The highest BCUT2D eigenvalue weighted by atomic mass is 32.2. The van der Waals surface area contributed by atoms with E-state index in [1.807, 2.05) is 16.7 Å². The summed E-state index contributed by atoms with van der Waals surface area (Å²) in [5.74, 6) is 0.365. The van der Waals surface area contributed by atoms with Crippen LogP contribution in [0.1, 0.15) is 23.7 Å². The van der Waals surface area contributed by atoms with E-state index in [-0.39, 0.29) is 10.8 Å². The molecule has 0 N–H and O–H groups in total. The number of ether oxygens (including phenoxy) is 1. The average Bonchev–Trinajstić information content (AvgIpc) is 3.33. The van der Waals surface area contributed by atoms with E-state index in [9.17, 15) is 12.8 Å². The molecule has 0 unspecified atom stereocenters. The minimum Gasteiger partial charge on any atom is -0.383 e. The lowest BCUT2D eigenvalue weighted by Gasteiger charge is -2.17. The number of rotatable bonds is 6. The van der Waals surface area contributed by atoms with Crippen LogP contribution in [0.25, 0.3) is 11.2 Å². The molecule has 1 fully saturated rings. The Balaban J connectivity index is 1.63. The van der Waals surface area contributed by atoms with Crippen molar-refractivity contribution in [1.29, 1.82) is 0 Å². The summed E-state index contributed by atoms with van der Waals surface area (Å²) < 4.78 is 48.3. The third-order valence-corrected chi connectivity index (χ3v) is 7.20. The smallest absolute Gasteiger partial charge is 0.243 e. The number of pyridine rings is 1. The van der Waals surface area contributed by atoms with Crippen LogP contribution in [0.15, 0.2) is 41.4 Å². The van der Waals surface area contributed by atoms with Crippen LogP contribution in [-0.2, 0) is 21.3 Å². The third-order valence-electron chi connectivity index (χ3n) is 5.34. The fourth-order valence-corrected chi connectivity index (χ4v) is 5.36. The van der Waals surface area contributed by atoms with Crippen molar-refractivity contribution in [3.05, 3.63) is 53.7 Å². The summed E-state index contributed by atoms with van der Waals surface area (Å²) in [5.41, 5.74) is 1.87. The number of benzene rings is 1. The van der Waals surface area contributed by atoms with Gasteiger partial charge in [-0.2, -0.15) is 4.31 Å². The summed E-state index contributed by atoms with van der Waals surface area (Å²) in [6.45, 7) is 3.39. The molecule has 3 heterocycles. The monoisotopic (exact) mass is 418 g/mol. The molecule has 154 valence electrons. The first-order valence-electron chi connectivity index (χ1n) is 9.48. The maximum atomic E-state index is 13.6.